The molecule has 0 saturated heterocycles. The molecule has 2 aromatic carbocycles. The minimum atomic E-state index is -0.0348. The molecule has 4 heteroatoms. The van der Waals surface area contributed by atoms with Gasteiger partial charge in [-0.3, -0.25) is 0 Å². The highest BCUT2D eigenvalue weighted by molar-refractivity contribution is 5.46. The number of nitrogens with zero attached hydrogens (tertiary/aromatic N) is 1. The van der Waals surface area contributed by atoms with E-state index in [0.29, 0.717) is 11.8 Å². The fraction of sp³-hybridized carbons (Fsp3) is 0.519. The van der Waals surface area contributed by atoms with Crippen molar-refractivity contribution in [1.29, 1.82) is 5.26 Å². The van der Waals surface area contributed by atoms with Gasteiger partial charge in [-0.05, 0) is 67.5 Å². The first-order valence-electron chi connectivity index (χ1n) is 11.8. The fourth-order valence-electron chi connectivity index (χ4n) is 4.84. The lowest BCUT2D eigenvalue weighted by atomic mass is 9.80. The lowest BCUT2D eigenvalue weighted by Crippen LogP contribution is -2.26. The van der Waals surface area contributed by atoms with Crippen LogP contribution in [-0.4, -0.2) is 13.2 Å². The van der Waals surface area contributed by atoms with Gasteiger partial charge in [-0.1, -0.05) is 38.8 Å². The number of unbranched alkanes of at least 4 members (excludes halogenated alkanes) is 2. The van der Waals surface area contributed by atoms with E-state index in [-0.39, 0.29) is 12.0 Å². The van der Waals surface area contributed by atoms with Crippen LogP contribution in [0.1, 0.15) is 75.5 Å². The van der Waals surface area contributed by atoms with Gasteiger partial charge in [-0.2, -0.15) is 5.26 Å². The summed E-state index contributed by atoms with van der Waals surface area (Å²) in [6.07, 6.45) is 6.09. The van der Waals surface area contributed by atoms with Gasteiger partial charge < -0.3 is 14.2 Å². The molecule has 0 unspecified atom stereocenters. The predicted octanol–water partition coefficient (Wildman–Crippen LogP) is 6.81. The molecule has 2 aliphatic rings. The molecule has 1 fully saturated rings. The van der Waals surface area contributed by atoms with Gasteiger partial charge in [0.25, 0.3) is 0 Å². The van der Waals surface area contributed by atoms with Crippen molar-refractivity contribution in [2.24, 2.45) is 11.8 Å². The van der Waals surface area contributed by atoms with Crippen LogP contribution >= 0.6 is 0 Å². The van der Waals surface area contributed by atoms with Gasteiger partial charge in [0.1, 0.15) is 23.4 Å². The van der Waals surface area contributed by atoms with Crippen molar-refractivity contribution < 1.29 is 14.2 Å². The Balaban J connectivity index is 1.56. The first-order valence-corrected chi connectivity index (χ1v) is 11.8. The molecular weight excluding hydrogens is 386 g/mol. The molecule has 1 aliphatic heterocycles. The van der Waals surface area contributed by atoms with E-state index in [9.17, 15) is 5.26 Å². The molecule has 0 aromatic heterocycles. The van der Waals surface area contributed by atoms with Crippen LogP contribution in [0.5, 0.6) is 17.2 Å². The third-order valence-corrected chi connectivity index (χ3v) is 6.56. The first kappa shape index (κ1) is 21.6. The summed E-state index contributed by atoms with van der Waals surface area (Å²) in [6.45, 7) is 5.82. The Bertz CT molecular complexity index is 902. The van der Waals surface area contributed by atoms with Gasteiger partial charge in [0, 0.05) is 17.4 Å². The number of rotatable bonds is 9. The number of ether oxygens (including phenoxy) is 3. The maximum Gasteiger partial charge on any atom is 0.127 e. The average Bonchev–Trinajstić information content (AvgIpc) is 3.24. The Kier molecular flexibility index (Phi) is 7.02. The van der Waals surface area contributed by atoms with Gasteiger partial charge in [0.2, 0.25) is 0 Å². The molecule has 0 N–H and O–H groups in total. The fourth-order valence-corrected chi connectivity index (χ4v) is 4.84. The second-order valence-corrected chi connectivity index (χ2v) is 8.78. The second-order valence-electron chi connectivity index (χ2n) is 8.78. The van der Waals surface area contributed by atoms with Crippen LogP contribution in [0.2, 0.25) is 0 Å². The Labute approximate surface area is 186 Å². The van der Waals surface area contributed by atoms with Crippen LogP contribution in [0.15, 0.2) is 42.5 Å². The molecule has 164 valence electrons. The van der Waals surface area contributed by atoms with E-state index in [2.05, 4.69) is 38.1 Å². The summed E-state index contributed by atoms with van der Waals surface area (Å²) in [7, 11) is 0. The zero-order valence-corrected chi connectivity index (χ0v) is 18.7. The van der Waals surface area contributed by atoms with Crippen LogP contribution in [0, 0.1) is 23.2 Å². The van der Waals surface area contributed by atoms with E-state index in [4.69, 9.17) is 14.2 Å². The van der Waals surface area contributed by atoms with E-state index >= 15 is 0 Å². The maximum atomic E-state index is 9.62. The highest BCUT2D eigenvalue weighted by Crippen LogP contribution is 2.56. The van der Waals surface area contributed by atoms with Crippen LogP contribution in [0.4, 0.5) is 0 Å². The molecule has 0 bridgehead atoms. The van der Waals surface area contributed by atoms with Gasteiger partial charge >= 0.3 is 0 Å². The molecule has 1 heterocycles. The van der Waals surface area contributed by atoms with Crippen LogP contribution in [0.25, 0.3) is 0 Å². The molecule has 4 nitrogen and oxygen atoms in total. The lowest BCUT2D eigenvalue weighted by molar-refractivity contribution is 0.103. The Morgan fingerprint density at radius 2 is 1.61 bits per heavy atom. The van der Waals surface area contributed by atoms with E-state index in [1.165, 1.54) is 5.56 Å². The van der Waals surface area contributed by atoms with Gasteiger partial charge in [-0.15, -0.1) is 0 Å². The monoisotopic (exact) mass is 419 g/mol. The number of benzene rings is 2. The standard InChI is InChI=1S/C27H33NO3/c1-3-5-13-29-21-9-7-20(8-10-21)27-25-16-19(18-28)15-23(25)24-17-22(30-14-6-4-2)11-12-26(24)31-27/h7-12,17,19,23,25,27H,3-6,13-16H2,1-2H3/t19-,23-,25-,27-/m0/s1. The normalized spacial score (nSPS) is 23.9. The number of nitriles is 1. The quantitative estimate of drug-likeness (QED) is 0.419. The highest BCUT2D eigenvalue weighted by Gasteiger charge is 2.45. The zero-order valence-electron chi connectivity index (χ0n) is 18.7. The third kappa shape index (κ3) is 4.82. The summed E-state index contributed by atoms with van der Waals surface area (Å²) < 4.78 is 18.3. The van der Waals surface area contributed by atoms with E-state index < -0.39 is 0 Å². The minimum Gasteiger partial charge on any atom is -0.494 e. The van der Waals surface area contributed by atoms with Gasteiger partial charge in [0.05, 0.1) is 19.3 Å². The summed E-state index contributed by atoms with van der Waals surface area (Å²) in [4.78, 5) is 0. The first-order chi connectivity index (χ1) is 15.2. The summed E-state index contributed by atoms with van der Waals surface area (Å²) in [5.74, 6) is 3.44. The van der Waals surface area contributed by atoms with Crippen molar-refractivity contribution in [3.8, 4) is 23.3 Å². The third-order valence-electron chi connectivity index (χ3n) is 6.56. The van der Waals surface area contributed by atoms with Gasteiger partial charge in [0.15, 0.2) is 0 Å². The molecular formula is C27H33NO3. The predicted molar refractivity (Wildman–Crippen MR) is 122 cm³/mol. The SMILES string of the molecule is CCCCOc1ccc([C@@H]2Oc3ccc(OCCCC)cc3[C@@H]3C[C@H](C#N)C[C@@H]32)cc1. The zero-order chi connectivity index (χ0) is 21.6. The van der Waals surface area contributed by atoms with Crippen molar-refractivity contribution in [3.63, 3.8) is 0 Å². The Hall–Kier alpha value is -2.67. The largest absolute Gasteiger partial charge is 0.494 e. The summed E-state index contributed by atoms with van der Waals surface area (Å²) in [5, 5.41) is 9.62. The molecule has 4 rings (SSSR count). The van der Waals surface area contributed by atoms with Crippen LogP contribution in [0.3, 0.4) is 0 Å². The topological polar surface area (TPSA) is 51.5 Å². The van der Waals surface area contributed by atoms with E-state index in [0.717, 1.165) is 74.6 Å². The summed E-state index contributed by atoms with van der Waals surface area (Å²) in [5.41, 5.74) is 2.36. The second kappa shape index (κ2) is 10.1. The Morgan fingerprint density at radius 3 is 2.29 bits per heavy atom. The molecule has 0 amide bonds. The van der Waals surface area contributed by atoms with Crippen molar-refractivity contribution in [1.82, 2.24) is 0 Å². The molecule has 1 aliphatic carbocycles. The molecule has 4 atom stereocenters. The van der Waals surface area contributed by atoms with Crippen LogP contribution in [-0.2, 0) is 0 Å². The molecule has 31 heavy (non-hydrogen) atoms. The molecule has 2 aromatic rings. The number of hydrogen-bond donors (Lipinski definition) is 0. The average molecular weight is 420 g/mol. The summed E-state index contributed by atoms with van der Waals surface area (Å²) in [6, 6.07) is 17.0. The van der Waals surface area contributed by atoms with Crippen LogP contribution < -0.4 is 14.2 Å². The van der Waals surface area contributed by atoms with Crippen molar-refractivity contribution in [2.75, 3.05) is 13.2 Å². The van der Waals surface area contributed by atoms with Crippen molar-refractivity contribution in [2.45, 2.75) is 64.4 Å². The summed E-state index contributed by atoms with van der Waals surface area (Å²) >= 11 is 0. The lowest BCUT2D eigenvalue weighted by Gasteiger charge is -2.36. The molecule has 0 spiro atoms. The smallest absolute Gasteiger partial charge is 0.127 e. The van der Waals surface area contributed by atoms with Crippen molar-refractivity contribution >= 4 is 0 Å². The minimum absolute atomic E-state index is 0.0348. The number of fused-ring (bicyclic) bond motifs is 3. The molecule has 1 saturated carbocycles. The van der Waals surface area contributed by atoms with E-state index in [1.54, 1.807) is 0 Å². The maximum absolute atomic E-state index is 9.62. The highest BCUT2D eigenvalue weighted by atomic mass is 16.5. The van der Waals surface area contributed by atoms with E-state index in [1.807, 2.05) is 24.3 Å². The number of hydrogen-bond acceptors (Lipinski definition) is 4. The van der Waals surface area contributed by atoms with Gasteiger partial charge in [-0.25, -0.2) is 0 Å². The molecule has 0 radical (unpaired) electrons. The van der Waals surface area contributed by atoms with Crippen molar-refractivity contribution in [3.05, 3.63) is 53.6 Å². The Morgan fingerprint density at radius 1 is 0.935 bits per heavy atom.